The standard InChI is InChI=1S/C21H20FN3O3S/c1-3-25(12-19(26)23-16-8-10-17(28-2)11-9-16)21(27)18-13-29-20(24-18)14-4-6-15(22)7-5-14/h4-11,13H,3,12H2,1-2H3,(H,23,26). The molecule has 0 atom stereocenters. The van der Waals surface area contributed by atoms with Gasteiger partial charge in [-0.3, -0.25) is 9.59 Å². The normalized spacial score (nSPS) is 10.4. The summed E-state index contributed by atoms with van der Waals surface area (Å²) < 4.78 is 18.2. The summed E-state index contributed by atoms with van der Waals surface area (Å²) in [5.74, 6) is -0.281. The highest BCUT2D eigenvalue weighted by Crippen LogP contribution is 2.24. The zero-order valence-electron chi connectivity index (χ0n) is 16.0. The molecule has 6 nitrogen and oxygen atoms in total. The maximum atomic E-state index is 13.1. The SMILES string of the molecule is CCN(CC(=O)Nc1ccc(OC)cc1)C(=O)c1csc(-c2ccc(F)cc2)n1. The van der Waals surface area contributed by atoms with Gasteiger partial charge in [-0.1, -0.05) is 0 Å². The first kappa shape index (κ1) is 20.5. The minimum absolute atomic E-state index is 0.0925. The molecule has 1 aromatic heterocycles. The van der Waals surface area contributed by atoms with Crippen molar-refractivity contribution >= 4 is 28.8 Å². The number of likely N-dealkylation sites (N-methyl/N-ethyl adjacent to an activating group) is 1. The Morgan fingerprint density at radius 2 is 1.83 bits per heavy atom. The molecule has 0 fully saturated rings. The van der Waals surface area contributed by atoms with Gasteiger partial charge in [-0.2, -0.15) is 0 Å². The van der Waals surface area contributed by atoms with Crippen LogP contribution in [0.5, 0.6) is 5.75 Å². The van der Waals surface area contributed by atoms with Crippen LogP contribution in [0, 0.1) is 5.82 Å². The van der Waals surface area contributed by atoms with E-state index in [9.17, 15) is 14.0 Å². The van der Waals surface area contributed by atoms with Crippen LogP contribution in [-0.4, -0.2) is 41.9 Å². The number of carbonyl (C=O) groups excluding carboxylic acids is 2. The first-order chi connectivity index (χ1) is 14.0. The van der Waals surface area contributed by atoms with E-state index in [2.05, 4.69) is 10.3 Å². The number of nitrogens with zero attached hydrogens (tertiary/aromatic N) is 2. The first-order valence-electron chi connectivity index (χ1n) is 8.94. The van der Waals surface area contributed by atoms with Crippen LogP contribution in [0.2, 0.25) is 0 Å². The monoisotopic (exact) mass is 413 g/mol. The summed E-state index contributed by atoms with van der Waals surface area (Å²) >= 11 is 1.30. The van der Waals surface area contributed by atoms with E-state index < -0.39 is 0 Å². The fourth-order valence-corrected chi connectivity index (χ4v) is 3.43. The Morgan fingerprint density at radius 1 is 1.14 bits per heavy atom. The second-order valence-electron chi connectivity index (χ2n) is 6.14. The molecule has 1 heterocycles. The van der Waals surface area contributed by atoms with Crippen LogP contribution in [0.15, 0.2) is 53.9 Å². The molecule has 0 unspecified atom stereocenters. The minimum atomic E-state index is -0.332. The number of ether oxygens (including phenoxy) is 1. The number of hydrogen-bond donors (Lipinski definition) is 1. The number of halogens is 1. The van der Waals surface area contributed by atoms with Crippen molar-refractivity contribution in [3.05, 3.63) is 65.4 Å². The lowest BCUT2D eigenvalue weighted by Crippen LogP contribution is -2.38. The van der Waals surface area contributed by atoms with Crippen molar-refractivity contribution in [1.29, 1.82) is 0 Å². The van der Waals surface area contributed by atoms with Crippen molar-refractivity contribution in [3.8, 4) is 16.3 Å². The fraction of sp³-hybridized carbons (Fsp3) is 0.190. The van der Waals surface area contributed by atoms with E-state index in [-0.39, 0.29) is 29.9 Å². The van der Waals surface area contributed by atoms with Crippen molar-refractivity contribution in [2.45, 2.75) is 6.92 Å². The summed E-state index contributed by atoms with van der Waals surface area (Å²) in [4.78, 5) is 30.9. The molecule has 2 amide bonds. The van der Waals surface area contributed by atoms with E-state index in [0.717, 1.165) is 5.56 Å². The average Bonchev–Trinajstić information content (AvgIpc) is 3.23. The topological polar surface area (TPSA) is 71.5 Å². The van der Waals surface area contributed by atoms with Crippen LogP contribution in [0.1, 0.15) is 17.4 Å². The molecule has 0 aliphatic rings. The van der Waals surface area contributed by atoms with E-state index in [0.29, 0.717) is 23.0 Å². The highest BCUT2D eigenvalue weighted by molar-refractivity contribution is 7.13. The fourth-order valence-electron chi connectivity index (χ4n) is 2.63. The molecule has 0 bridgehead atoms. The number of aromatic nitrogens is 1. The zero-order valence-corrected chi connectivity index (χ0v) is 16.8. The van der Waals surface area contributed by atoms with E-state index in [1.807, 2.05) is 0 Å². The number of amides is 2. The van der Waals surface area contributed by atoms with Crippen LogP contribution >= 0.6 is 11.3 Å². The predicted octanol–water partition coefficient (Wildman–Crippen LogP) is 4.06. The smallest absolute Gasteiger partial charge is 0.273 e. The van der Waals surface area contributed by atoms with Gasteiger partial charge >= 0.3 is 0 Å². The number of anilines is 1. The Balaban J connectivity index is 1.65. The van der Waals surface area contributed by atoms with Crippen molar-refractivity contribution < 1.29 is 18.7 Å². The highest BCUT2D eigenvalue weighted by atomic mass is 32.1. The van der Waals surface area contributed by atoms with Gasteiger partial charge in [0.05, 0.1) is 7.11 Å². The van der Waals surface area contributed by atoms with Crippen LogP contribution in [0.25, 0.3) is 10.6 Å². The van der Waals surface area contributed by atoms with Gasteiger partial charge < -0.3 is 15.0 Å². The molecule has 0 radical (unpaired) electrons. The van der Waals surface area contributed by atoms with Gasteiger partial charge in [0, 0.05) is 23.2 Å². The Labute approximate surface area is 172 Å². The summed E-state index contributed by atoms with van der Waals surface area (Å²) in [5, 5.41) is 5.02. The molecule has 150 valence electrons. The van der Waals surface area contributed by atoms with E-state index in [1.54, 1.807) is 55.8 Å². The van der Waals surface area contributed by atoms with E-state index >= 15 is 0 Å². The van der Waals surface area contributed by atoms with E-state index in [1.165, 1.54) is 28.4 Å². The van der Waals surface area contributed by atoms with Gasteiger partial charge in [0.1, 0.15) is 28.8 Å². The minimum Gasteiger partial charge on any atom is -0.497 e. The predicted molar refractivity (Wildman–Crippen MR) is 111 cm³/mol. The second-order valence-corrected chi connectivity index (χ2v) is 7.00. The van der Waals surface area contributed by atoms with Crippen molar-refractivity contribution in [2.24, 2.45) is 0 Å². The molecule has 29 heavy (non-hydrogen) atoms. The van der Waals surface area contributed by atoms with Crippen LogP contribution in [-0.2, 0) is 4.79 Å². The zero-order chi connectivity index (χ0) is 20.8. The summed E-state index contributed by atoms with van der Waals surface area (Å²) in [6.45, 7) is 2.06. The van der Waals surface area contributed by atoms with Crippen LogP contribution in [0.3, 0.4) is 0 Å². The average molecular weight is 413 g/mol. The number of carbonyl (C=O) groups is 2. The van der Waals surface area contributed by atoms with Gasteiger partial charge in [0.2, 0.25) is 5.91 Å². The third kappa shape index (κ3) is 5.17. The van der Waals surface area contributed by atoms with Gasteiger partial charge in [-0.15, -0.1) is 11.3 Å². The number of nitrogens with one attached hydrogen (secondary N) is 1. The maximum absolute atomic E-state index is 13.1. The lowest BCUT2D eigenvalue weighted by molar-refractivity contribution is -0.116. The number of thiazole rings is 1. The molecule has 0 aliphatic carbocycles. The maximum Gasteiger partial charge on any atom is 0.273 e. The summed E-state index contributed by atoms with van der Waals surface area (Å²) in [7, 11) is 1.57. The molecule has 8 heteroatoms. The third-order valence-corrected chi connectivity index (χ3v) is 5.08. The number of methoxy groups -OCH3 is 1. The van der Waals surface area contributed by atoms with E-state index in [4.69, 9.17) is 4.74 Å². The van der Waals surface area contributed by atoms with Crippen molar-refractivity contribution in [3.63, 3.8) is 0 Å². The molecular weight excluding hydrogens is 393 g/mol. The molecule has 2 aromatic carbocycles. The molecular formula is C21H20FN3O3S. The Kier molecular flexibility index (Phi) is 6.56. The molecule has 3 rings (SSSR count). The summed E-state index contributed by atoms with van der Waals surface area (Å²) in [5.41, 5.74) is 1.61. The van der Waals surface area contributed by atoms with Crippen molar-refractivity contribution in [1.82, 2.24) is 9.88 Å². The largest absolute Gasteiger partial charge is 0.497 e. The third-order valence-electron chi connectivity index (χ3n) is 4.19. The molecule has 1 N–H and O–H groups in total. The quantitative estimate of drug-likeness (QED) is 0.634. The highest BCUT2D eigenvalue weighted by Gasteiger charge is 2.20. The molecule has 0 spiro atoms. The summed E-state index contributed by atoms with van der Waals surface area (Å²) in [6, 6.07) is 12.9. The van der Waals surface area contributed by atoms with Gasteiger partial charge in [0.15, 0.2) is 0 Å². The van der Waals surface area contributed by atoms with Gasteiger partial charge in [-0.25, -0.2) is 9.37 Å². The lowest BCUT2D eigenvalue weighted by Gasteiger charge is -2.19. The second kappa shape index (κ2) is 9.29. The molecule has 3 aromatic rings. The number of benzene rings is 2. The lowest BCUT2D eigenvalue weighted by atomic mass is 10.2. The van der Waals surface area contributed by atoms with Crippen LogP contribution in [0.4, 0.5) is 10.1 Å². The van der Waals surface area contributed by atoms with Crippen molar-refractivity contribution in [2.75, 3.05) is 25.5 Å². The first-order valence-corrected chi connectivity index (χ1v) is 9.82. The molecule has 0 saturated carbocycles. The Morgan fingerprint density at radius 3 is 2.45 bits per heavy atom. The van der Waals surface area contributed by atoms with Gasteiger partial charge in [-0.05, 0) is 55.5 Å². The van der Waals surface area contributed by atoms with Crippen LogP contribution < -0.4 is 10.1 Å². The van der Waals surface area contributed by atoms with Gasteiger partial charge in [0.25, 0.3) is 5.91 Å². The molecule has 0 aliphatic heterocycles. The Hall–Kier alpha value is -3.26. The Bertz CT molecular complexity index is 987. The number of hydrogen-bond acceptors (Lipinski definition) is 5. The molecule has 0 saturated heterocycles. The summed E-state index contributed by atoms with van der Waals surface area (Å²) in [6.07, 6.45) is 0. The number of rotatable bonds is 7.